The largest absolute Gasteiger partial charge is 0.462 e. The Morgan fingerprint density at radius 2 is 2.00 bits per heavy atom. The lowest BCUT2D eigenvalue weighted by Gasteiger charge is -2.34. The maximum absolute atomic E-state index is 12.7. The second-order valence-corrected chi connectivity index (χ2v) is 10.7. The molecule has 1 aromatic heterocycles. The second kappa shape index (κ2) is 10.4. The van der Waals surface area contributed by atoms with Crippen LogP contribution in [0, 0.1) is 22.7 Å². The van der Waals surface area contributed by atoms with Crippen molar-refractivity contribution in [3.05, 3.63) is 52.7 Å². The number of amides is 1. The van der Waals surface area contributed by atoms with Crippen LogP contribution in [-0.4, -0.2) is 28.7 Å². The van der Waals surface area contributed by atoms with Crippen LogP contribution in [0.3, 0.4) is 0 Å². The Kier molecular flexibility index (Phi) is 7.80. The molecule has 2 unspecified atom stereocenters. The molecule has 1 N–H and O–H groups in total. The van der Waals surface area contributed by atoms with Gasteiger partial charge in [0.05, 0.1) is 23.0 Å². The Hall–Kier alpha value is -2.85. The van der Waals surface area contributed by atoms with Gasteiger partial charge >= 0.3 is 5.97 Å². The first-order valence-corrected chi connectivity index (χ1v) is 12.2. The minimum Gasteiger partial charge on any atom is -0.462 e. The number of rotatable bonds is 6. The lowest BCUT2D eigenvalue weighted by atomic mass is 9.71. The molecular weight excluding hydrogens is 434 g/mol. The highest BCUT2D eigenvalue weighted by molar-refractivity contribution is 8.00. The lowest BCUT2D eigenvalue weighted by Crippen LogP contribution is -2.27. The van der Waals surface area contributed by atoms with Crippen LogP contribution >= 0.6 is 11.8 Å². The number of esters is 1. The third-order valence-corrected chi connectivity index (χ3v) is 7.12. The van der Waals surface area contributed by atoms with E-state index in [4.69, 9.17) is 9.72 Å². The van der Waals surface area contributed by atoms with E-state index >= 15 is 0 Å². The zero-order chi connectivity index (χ0) is 24.2. The number of carbonyl (C=O) groups is 2. The Balaban J connectivity index is 1.68. The fraction of sp³-hybridized carbons (Fsp3) is 0.462. The van der Waals surface area contributed by atoms with Gasteiger partial charge in [0.15, 0.2) is 0 Å². The van der Waals surface area contributed by atoms with Crippen molar-refractivity contribution in [2.75, 3.05) is 11.9 Å². The standard InChI is InChI=1S/C26H31N3O3S/c1-6-32-25(31)17-7-10-21(11-8-17)28-23(30)16(2)33-24-19(15-27)13-18-14-20(26(3,4)5)9-12-22(18)29-24/h7-8,10-11,13,16,20H,6,9,12,14H2,1-5H3,(H,28,30). The summed E-state index contributed by atoms with van der Waals surface area (Å²) in [5, 5.41) is 12.7. The monoisotopic (exact) mass is 465 g/mol. The summed E-state index contributed by atoms with van der Waals surface area (Å²) in [7, 11) is 0. The van der Waals surface area contributed by atoms with Crippen molar-refractivity contribution < 1.29 is 14.3 Å². The average molecular weight is 466 g/mol. The van der Waals surface area contributed by atoms with Gasteiger partial charge in [0.1, 0.15) is 11.1 Å². The number of pyridine rings is 1. The third-order valence-electron chi connectivity index (χ3n) is 6.02. The van der Waals surface area contributed by atoms with Crippen molar-refractivity contribution in [3.63, 3.8) is 0 Å². The van der Waals surface area contributed by atoms with Gasteiger partial charge in [-0.2, -0.15) is 5.26 Å². The number of aryl methyl sites for hydroxylation is 1. The van der Waals surface area contributed by atoms with Gasteiger partial charge in [0.25, 0.3) is 0 Å². The van der Waals surface area contributed by atoms with E-state index in [9.17, 15) is 14.9 Å². The SMILES string of the molecule is CCOC(=O)c1ccc(NC(=O)C(C)Sc2nc3c(cc2C#N)CC(C(C)(C)C)CC3)cc1. The fourth-order valence-electron chi connectivity index (χ4n) is 3.92. The number of benzene rings is 1. The zero-order valence-electron chi connectivity index (χ0n) is 19.9. The number of hydrogen-bond acceptors (Lipinski definition) is 6. The van der Waals surface area contributed by atoms with E-state index in [1.807, 2.05) is 6.07 Å². The van der Waals surface area contributed by atoms with E-state index in [1.165, 1.54) is 11.8 Å². The molecule has 0 saturated carbocycles. The molecule has 1 aliphatic rings. The molecule has 0 fully saturated rings. The summed E-state index contributed by atoms with van der Waals surface area (Å²) < 4.78 is 4.97. The molecular formula is C26H31N3O3S. The van der Waals surface area contributed by atoms with Gasteiger partial charge in [-0.15, -0.1) is 0 Å². The normalized spacial score (nSPS) is 16.3. The first-order valence-electron chi connectivity index (χ1n) is 11.3. The van der Waals surface area contributed by atoms with Crippen LogP contribution in [0.2, 0.25) is 0 Å². The molecule has 33 heavy (non-hydrogen) atoms. The molecule has 0 bridgehead atoms. The topological polar surface area (TPSA) is 92.1 Å². The molecule has 1 aliphatic carbocycles. The van der Waals surface area contributed by atoms with E-state index in [0.717, 1.165) is 30.5 Å². The number of ether oxygens (including phenoxy) is 1. The molecule has 0 saturated heterocycles. The van der Waals surface area contributed by atoms with Gasteiger partial charge in [-0.1, -0.05) is 32.5 Å². The van der Waals surface area contributed by atoms with E-state index in [0.29, 0.717) is 34.4 Å². The van der Waals surface area contributed by atoms with Crippen molar-refractivity contribution in [2.24, 2.45) is 11.3 Å². The highest BCUT2D eigenvalue weighted by Gasteiger charge is 2.30. The highest BCUT2D eigenvalue weighted by atomic mass is 32.2. The molecule has 1 heterocycles. The Bertz CT molecular complexity index is 1070. The van der Waals surface area contributed by atoms with Crippen molar-refractivity contribution in [1.29, 1.82) is 5.26 Å². The third kappa shape index (κ3) is 6.14. The number of aromatic nitrogens is 1. The number of anilines is 1. The van der Waals surface area contributed by atoms with Crippen molar-refractivity contribution in [1.82, 2.24) is 4.98 Å². The molecule has 174 valence electrons. The molecule has 1 aromatic carbocycles. The second-order valence-electron chi connectivity index (χ2n) is 9.41. The summed E-state index contributed by atoms with van der Waals surface area (Å²) in [4.78, 5) is 29.3. The van der Waals surface area contributed by atoms with Gasteiger partial charge in [0, 0.05) is 11.4 Å². The quantitative estimate of drug-likeness (QED) is 0.454. The predicted octanol–water partition coefficient (Wildman–Crippen LogP) is 5.40. The van der Waals surface area contributed by atoms with Gasteiger partial charge in [0.2, 0.25) is 5.91 Å². The first-order chi connectivity index (χ1) is 15.6. The minimum absolute atomic E-state index is 0.194. The van der Waals surface area contributed by atoms with Crippen LogP contribution in [0.1, 0.15) is 68.2 Å². The molecule has 1 amide bonds. The molecule has 0 radical (unpaired) electrons. The predicted molar refractivity (Wildman–Crippen MR) is 130 cm³/mol. The summed E-state index contributed by atoms with van der Waals surface area (Å²) >= 11 is 1.30. The van der Waals surface area contributed by atoms with Gasteiger partial charge in [-0.25, -0.2) is 9.78 Å². The molecule has 0 aliphatic heterocycles. The molecule has 3 rings (SSSR count). The number of nitrogens with one attached hydrogen (secondary N) is 1. The number of nitrogens with zero attached hydrogens (tertiary/aromatic N) is 2. The van der Waals surface area contributed by atoms with Crippen LogP contribution in [0.25, 0.3) is 0 Å². The zero-order valence-corrected chi connectivity index (χ0v) is 20.7. The van der Waals surface area contributed by atoms with Gasteiger partial charge < -0.3 is 10.1 Å². The van der Waals surface area contributed by atoms with Crippen LogP contribution in [-0.2, 0) is 22.4 Å². The molecule has 2 atom stereocenters. The summed E-state index contributed by atoms with van der Waals surface area (Å²) in [6.45, 7) is 10.6. The minimum atomic E-state index is -0.446. The summed E-state index contributed by atoms with van der Waals surface area (Å²) in [5.74, 6) is -0.0208. The lowest BCUT2D eigenvalue weighted by molar-refractivity contribution is -0.115. The smallest absolute Gasteiger partial charge is 0.338 e. The summed E-state index contributed by atoms with van der Waals surface area (Å²) in [5.41, 5.74) is 3.96. The summed E-state index contributed by atoms with van der Waals surface area (Å²) in [6, 6.07) is 10.8. The maximum atomic E-state index is 12.7. The van der Waals surface area contributed by atoms with Crippen LogP contribution in [0.15, 0.2) is 35.4 Å². The van der Waals surface area contributed by atoms with Gasteiger partial charge in [-0.3, -0.25) is 4.79 Å². The number of thioether (sulfide) groups is 1. The molecule has 2 aromatic rings. The van der Waals surface area contributed by atoms with E-state index in [-0.39, 0.29) is 11.3 Å². The molecule has 0 spiro atoms. The Morgan fingerprint density at radius 1 is 1.30 bits per heavy atom. The number of fused-ring (bicyclic) bond motifs is 1. The Morgan fingerprint density at radius 3 is 2.61 bits per heavy atom. The highest BCUT2D eigenvalue weighted by Crippen LogP contribution is 2.38. The van der Waals surface area contributed by atoms with Crippen molar-refractivity contribution in [3.8, 4) is 6.07 Å². The fourth-order valence-corrected chi connectivity index (χ4v) is 4.82. The maximum Gasteiger partial charge on any atom is 0.338 e. The Labute approximate surface area is 200 Å². The van der Waals surface area contributed by atoms with Gasteiger partial charge in [-0.05, 0) is 80.3 Å². The molecule has 7 heteroatoms. The number of nitriles is 1. The number of hydrogen-bond donors (Lipinski definition) is 1. The van der Waals surface area contributed by atoms with Crippen molar-refractivity contribution >= 4 is 29.3 Å². The summed E-state index contributed by atoms with van der Waals surface area (Å²) in [6.07, 6.45) is 2.91. The van der Waals surface area contributed by atoms with E-state index in [2.05, 4.69) is 32.2 Å². The van der Waals surface area contributed by atoms with E-state index < -0.39 is 11.2 Å². The van der Waals surface area contributed by atoms with Crippen LogP contribution in [0.4, 0.5) is 5.69 Å². The van der Waals surface area contributed by atoms with Crippen LogP contribution < -0.4 is 5.32 Å². The molecule has 6 nitrogen and oxygen atoms in total. The van der Waals surface area contributed by atoms with E-state index in [1.54, 1.807) is 38.1 Å². The average Bonchev–Trinajstić information content (AvgIpc) is 2.78. The van der Waals surface area contributed by atoms with Crippen LogP contribution in [0.5, 0.6) is 0 Å². The first kappa shape index (κ1) is 24.8. The number of carbonyl (C=O) groups excluding carboxylic acids is 2. The van der Waals surface area contributed by atoms with Crippen molar-refractivity contribution in [2.45, 2.75) is 64.2 Å².